The first-order chi connectivity index (χ1) is 19.4. The average Bonchev–Trinajstić information content (AvgIpc) is 3.31. The molecular formula is C32H24O9. The van der Waals surface area contributed by atoms with E-state index in [1.807, 2.05) is 0 Å². The predicted octanol–water partition coefficient (Wildman–Crippen LogP) is 3.71. The second-order valence-electron chi connectivity index (χ2n) is 11.9. The summed E-state index contributed by atoms with van der Waals surface area (Å²) in [4.78, 5) is 41.6. The number of hydrogen-bond acceptors (Lipinski definition) is 9. The zero-order valence-corrected chi connectivity index (χ0v) is 22.2. The first-order valence-corrected chi connectivity index (χ1v) is 13.4. The summed E-state index contributed by atoms with van der Waals surface area (Å²) < 4.78 is 13.3. The lowest BCUT2D eigenvalue weighted by Gasteiger charge is -2.52. The number of Topliss-reactive ketones (excluding diaryl/α,β-unsaturated/α-hetero) is 1. The van der Waals surface area contributed by atoms with Gasteiger partial charge in [0.15, 0.2) is 11.6 Å². The number of phenolic OH excluding ortho intramolecular Hbond substituents is 2. The van der Waals surface area contributed by atoms with Gasteiger partial charge in [-0.15, -0.1) is 0 Å². The highest BCUT2D eigenvalue weighted by Crippen LogP contribution is 2.74. The van der Waals surface area contributed by atoms with Crippen LogP contribution in [-0.2, 0) is 20.7 Å². The Labute approximate surface area is 233 Å². The van der Waals surface area contributed by atoms with Gasteiger partial charge in [0.25, 0.3) is 5.79 Å². The van der Waals surface area contributed by atoms with E-state index in [2.05, 4.69) is 0 Å². The Balaban J connectivity index is 1.52. The van der Waals surface area contributed by atoms with Gasteiger partial charge in [-0.1, -0.05) is 18.2 Å². The summed E-state index contributed by atoms with van der Waals surface area (Å²) in [6.07, 6.45) is -1.02. The van der Waals surface area contributed by atoms with Gasteiger partial charge in [0.1, 0.15) is 28.4 Å². The third-order valence-corrected chi connectivity index (χ3v) is 9.57. The number of benzene rings is 3. The van der Waals surface area contributed by atoms with Crippen LogP contribution in [0.5, 0.6) is 17.2 Å². The van der Waals surface area contributed by atoms with Crippen molar-refractivity contribution >= 4 is 23.1 Å². The Morgan fingerprint density at radius 2 is 1.63 bits per heavy atom. The molecule has 8 rings (SSSR count). The minimum atomic E-state index is -1.87. The summed E-state index contributed by atoms with van der Waals surface area (Å²) in [5, 5.41) is 45.0. The molecule has 0 radical (unpaired) electrons. The monoisotopic (exact) mass is 552 g/mol. The fourth-order valence-electron chi connectivity index (χ4n) is 8.45. The van der Waals surface area contributed by atoms with Crippen molar-refractivity contribution in [2.45, 2.75) is 50.1 Å². The molecule has 41 heavy (non-hydrogen) atoms. The number of ether oxygens (including phenoxy) is 2. The second kappa shape index (κ2) is 7.05. The minimum Gasteiger partial charge on any atom is -0.507 e. The Morgan fingerprint density at radius 1 is 0.878 bits per heavy atom. The van der Waals surface area contributed by atoms with Gasteiger partial charge < -0.3 is 29.9 Å². The lowest BCUT2D eigenvalue weighted by molar-refractivity contribution is -0.190. The van der Waals surface area contributed by atoms with E-state index in [0.29, 0.717) is 11.1 Å². The van der Waals surface area contributed by atoms with Crippen molar-refractivity contribution in [2.24, 2.45) is 5.92 Å². The van der Waals surface area contributed by atoms with E-state index in [9.17, 15) is 34.8 Å². The number of aromatic hydroxyl groups is 2. The highest BCUT2D eigenvalue weighted by atomic mass is 16.7. The minimum absolute atomic E-state index is 0.0321. The van der Waals surface area contributed by atoms with E-state index < -0.39 is 51.9 Å². The Morgan fingerprint density at radius 3 is 2.39 bits per heavy atom. The van der Waals surface area contributed by atoms with Crippen molar-refractivity contribution in [2.75, 3.05) is 0 Å². The third kappa shape index (κ3) is 2.42. The van der Waals surface area contributed by atoms with Crippen LogP contribution < -0.4 is 4.74 Å². The largest absolute Gasteiger partial charge is 0.507 e. The number of hydrogen-bond donors (Lipinski definition) is 4. The molecule has 9 nitrogen and oxygen atoms in total. The van der Waals surface area contributed by atoms with Crippen LogP contribution in [0.2, 0.25) is 0 Å². The Bertz CT molecular complexity index is 1880. The smallest absolute Gasteiger partial charge is 0.253 e. The summed E-state index contributed by atoms with van der Waals surface area (Å²) in [6.45, 7) is 4.98. The van der Waals surface area contributed by atoms with E-state index >= 15 is 0 Å². The average molecular weight is 553 g/mol. The van der Waals surface area contributed by atoms with Gasteiger partial charge in [-0.05, 0) is 50.6 Å². The maximum atomic E-state index is 14.1. The summed E-state index contributed by atoms with van der Waals surface area (Å²) in [5.74, 6) is -5.52. The van der Waals surface area contributed by atoms with Crippen molar-refractivity contribution in [1.82, 2.24) is 0 Å². The first-order valence-electron chi connectivity index (χ1n) is 13.4. The van der Waals surface area contributed by atoms with Crippen molar-refractivity contribution in [3.8, 4) is 17.2 Å². The fourth-order valence-corrected chi connectivity index (χ4v) is 8.45. The van der Waals surface area contributed by atoms with Gasteiger partial charge in [-0.2, -0.15) is 0 Å². The van der Waals surface area contributed by atoms with Crippen LogP contribution in [0.1, 0.15) is 74.4 Å². The molecule has 206 valence electrons. The number of carbonyl (C=O) groups excluding carboxylic acids is 3. The molecule has 0 bridgehead atoms. The zero-order valence-electron chi connectivity index (χ0n) is 22.2. The SMILES string of the molecule is Cc1cc(O)c2c(c1)C(=O)c1ccc3c(c1C2=O)O[C@@]12O[C@@H](C)C4C31C(=C(O)c1c(O)cccc12)C(=O)C[C@@]4(C)O. The molecule has 4 N–H and O–H groups in total. The van der Waals surface area contributed by atoms with Gasteiger partial charge in [0.05, 0.1) is 34.0 Å². The van der Waals surface area contributed by atoms with E-state index in [4.69, 9.17) is 9.47 Å². The van der Waals surface area contributed by atoms with Crippen LogP contribution in [0.3, 0.4) is 0 Å². The molecule has 3 aromatic rings. The number of carbonyl (C=O) groups is 3. The van der Waals surface area contributed by atoms with Crippen molar-refractivity contribution in [3.63, 3.8) is 0 Å². The molecule has 2 heterocycles. The molecule has 5 aliphatic rings. The number of rotatable bonds is 0. The Hall–Kier alpha value is -4.47. The number of fused-ring (bicyclic) bond motifs is 5. The second-order valence-corrected chi connectivity index (χ2v) is 11.9. The van der Waals surface area contributed by atoms with Gasteiger partial charge in [0.2, 0.25) is 5.78 Å². The fraction of sp³-hybridized carbons (Fsp3) is 0.281. The molecule has 2 fully saturated rings. The van der Waals surface area contributed by atoms with E-state index in [1.165, 1.54) is 25.1 Å². The molecule has 2 aliphatic heterocycles. The highest BCUT2D eigenvalue weighted by Gasteiger charge is 2.81. The van der Waals surface area contributed by atoms with E-state index in [1.54, 1.807) is 38.1 Å². The van der Waals surface area contributed by atoms with E-state index in [-0.39, 0.29) is 62.6 Å². The lowest BCUT2D eigenvalue weighted by atomic mass is 9.49. The number of aliphatic hydroxyl groups excluding tert-OH is 1. The molecule has 1 saturated heterocycles. The summed E-state index contributed by atoms with van der Waals surface area (Å²) in [6, 6.07) is 10.5. The molecule has 5 atom stereocenters. The first kappa shape index (κ1) is 24.3. The van der Waals surface area contributed by atoms with Crippen molar-refractivity contribution in [1.29, 1.82) is 0 Å². The maximum absolute atomic E-state index is 14.1. The van der Waals surface area contributed by atoms with Gasteiger partial charge >= 0.3 is 0 Å². The summed E-state index contributed by atoms with van der Waals surface area (Å²) in [7, 11) is 0. The van der Waals surface area contributed by atoms with Crippen LogP contribution >= 0.6 is 0 Å². The van der Waals surface area contributed by atoms with Crippen LogP contribution in [0.15, 0.2) is 48.0 Å². The van der Waals surface area contributed by atoms with Crippen LogP contribution in [-0.4, -0.2) is 49.5 Å². The molecule has 3 aliphatic carbocycles. The number of ketones is 3. The summed E-state index contributed by atoms with van der Waals surface area (Å²) in [5.41, 5.74) is -2.36. The lowest BCUT2D eigenvalue weighted by Crippen LogP contribution is -2.62. The van der Waals surface area contributed by atoms with Crippen LogP contribution in [0.25, 0.3) is 5.76 Å². The van der Waals surface area contributed by atoms with Gasteiger partial charge in [-0.3, -0.25) is 14.4 Å². The molecule has 1 saturated carbocycles. The van der Waals surface area contributed by atoms with Gasteiger partial charge in [0, 0.05) is 34.6 Å². The standard InChI is InChI=1S/C32H24O9/c1-12-9-15-21(19(34)10-12)26(37)22-14(25(15)36)7-8-17-28(22)41-32-16-5-4-6-18(33)23(16)27(38)24-20(35)11-30(3,39)29(13(2)40-32)31(17,24)32/h4-10,13,29,33-34,38-39H,11H2,1-3H3/t13-,29?,30+,31?,32+/m0/s1. The van der Waals surface area contributed by atoms with E-state index in [0.717, 1.165) is 0 Å². The molecular weight excluding hydrogens is 528 g/mol. The molecule has 9 heteroatoms. The zero-order chi connectivity index (χ0) is 29.0. The highest BCUT2D eigenvalue weighted by molar-refractivity contribution is 6.30. The van der Waals surface area contributed by atoms with Crippen molar-refractivity contribution < 1.29 is 44.3 Å². The predicted molar refractivity (Wildman–Crippen MR) is 142 cm³/mol. The Kier molecular flexibility index (Phi) is 4.18. The number of aryl methyl sites for hydroxylation is 1. The van der Waals surface area contributed by atoms with Crippen LogP contribution in [0.4, 0.5) is 0 Å². The van der Waals surface area contributed by atoms with Crippen molar-refractivity contribution in [3.05, 3.63) is 92.5 Å². The molecule has 0 aromatic heterocycles. The van der Waals surface area contributed by atoms with Crippen LogP contribution in [0, 0.1) is 12.8 Å². The third-order valence-electron chi connectivity index (χ3n) is 9.57. The molecule has 0 amide bonds. The molecule has 2 unspecified atom stereocenters. The normalized spacial score (nSPS) is 32.0. The summed E-state index contributed by atoms with van der Waals surface area (Å²) >= 11 is 0. The molecule has 1 spiro atoms. The maximum Gasteiger partial charge on any atom is 0.253 e. The quantitative estimate of drug-likeness (QED) is 0.256. The number of phenols is 2. The van der Waals surface area contributed by atoms with Gasteiger partial charge in [-0.25, -0.2) is 0 Å². The topological polar surface area (TPSA) is 151 Å². The number of aliphatic hydroxyl groups is 2. The molecule has 3 aromatic carbocycles.